The smallest absolute Gasteiger partial charge is 0.241 e. The minimum Gasteiger partial charge on any atom is -0.369 e. The van der Waals surface area contributed by atoms with Crippen LogP contribution in [0.15, 0.2) is 18.7 Å². The van der Waals surface area contributed by atoms with E-state index in [1.54, 1.807) is 23.3 Å². The lowest BCUT2D eigenvalue weighted by Gasteiger charge is -2.31. The van der Waals surface area contributed by atoms with Gasteiger partial charge in [0.2, 0.25) is 23.8 Å². The first-order valence-corrected chi connectivity index (χ1v) is 6.67. The molecule has 1 aliphatic heterocycles. The third kappa shape index (κ3) is 2.76. The second kappa shape index (κ2) is 5.35. The zero-order valence-electron chi connectivity index (χ0n) is 11.4. The van der Waals surface area contributed by atoms with Crippen molar-refractivity contribution in [2.75, 3.05) is 23.7 Å². The van der Waals surface area contributed by atoms with Gasteiger partial charge in [0.1, 0.15) is 6.33 Å². The Morgan fingerprint density at radius 3 is 2.81 bits per heavy atom. The molecular weight excluding hydrogens is 272 g/mol. The molecule has 1 saturated heterocycles. The van der Waals surface area contributed by atoms with Gasteiger partial charge in [-0.05, 0) is 12.8 Å². The summed E-state index contributed by atoms with van der Waals surface area (Å²) in [5, 5.41) is 0. The van der Waals surface area contributed by atoms with E-state index in [4.69, 9.17) is 11.5 Å². The normalized spacial score (nSPS) is 18.7. The van der Waals surface area contributed by atoms with E-state index < -0.39 is 0 Å². The molecule has 1 amide bonds. The van der Waals surface area contributed by atoms with E-state index in [1.165, 1.54) is 0 Å². The van der Waals surface area contributed by atoms with E-state index in [-0.39, 0.29) is 17.8 Å². The van der Waals surface area contributed by atoms with Crippen molar-refractivity contribution in [1.82, 2.24) is 24.5 Å². The van der Waals surface area contributed by atoms with Crippen LogP contribution in [-0.4, -0.2) is 43.5 Å². The predicted octanol–water partition coefficient (Wildman–Crippen LogP) is -0.659. The van der Waals surface area contributed by atoms with E-state index in [0.717, 1.165) is 19.4 Å². The van der Waals surface area contributed by atoms with Gasteiger partial charge in [0.15, 0.2) is 0 Å². The summed E-state index contributed by atoms with van der Waals surface area (Å²) in [5.74, 6) is 0.503. The molecule has 0 radical (unpaired) electrons. The van der Waals surface area contributed by atoms with E-state index in [0.29, 0.717) is 18.4 Å². The van der Waals surface area contributed by atoms with Crippen molar-refractivity contribution in [2.24, 2.45) is 11.7 Å². The fourth-order valence-electron chi connectivity index (χ4n) is 2.39. The van der Waals surface area contributed by atoms with Crippen molar-refractivity contribution in [1.29, 1.82) is 0 Å². The molecule has 2 aromatic heterocycles. The largest absolute Gasteiger partial charge is 0.369 e. The highest BCUT2D eigenvalue weighted by molar-refractivity contribution is 5.77. The number of nitrogen functional groups attached to an aromatic ring is 1. The molecule has 2 aromatic rings. The number of nitrogens with two attached hydrogens (primary N) is 2. The van der Waals surface area contributed by atoms with Crippen molar-refractivity contribution >= 4 is 17.8 Å². The summed E-state index contributed by atoms with van der Waals surface area (Å²) in [4.78, 5) is 29.9. The third-order valence-corrected chi connectivity index (χ3v) is 3.47. The van der Waals surface area contributed by atoms with Crippen LogP contribution < -0.4 is 16.4 Å². The van der Waals surface area contributed by atoms with Crippen LogP contribution in [0.25, 0.3) is 5.95 Å². The number of primary amides is 1. The quantitative estimate of drug-likeness (QED) is 0.767. The Kier molecular flexibility index (Phi) is 3.38. The lowest BCUT2D eigenvalue weighted by molar-refractivity contribution is -0.122. The summed E-state index contributed by atoms with van der Waals surface area (Å²) < 4.78 is 1.65. The van der Waals surface area contributed by atoms with Crippen molar-refractivity contribution in [2.45, 2.75) is 12.8 Å². The second-order valence-electron chi connectivity index (χ2n) is 4.95. The van der Waals surface area contributed by atoms with Crippen LogP contribution >= 0.6 is 0 Å². The lowest BCUT2D eigenvalue weighted by Crippen LogP contribution is -2.42. The number of carbonyl (C=O) groups is 1. The number of amides is 1. The van der Waals surface area contributed by atoms with Crippen LogP contribution in [0.3, 0.4) is 0 Å². The van der Waals surface area contributed by atoms with Crippen LogP contribution in [0, 0.1) is 5.92 Å². The molecule has 3 heterocycles. The summed E-state index contributed by atoms with van der Waals surface area (Å²) >= 11 is 0. The number of hydrogen-bond acceptors (Lipinski definition) is 7. The van der Waals surface area contributed by atoms with Crippen molar-refractivity contribution < 1.29 is 4.79 Å². The van der Waals surface area contributed by atoms with Gasteiger partial charge in [-0.2, -0.15) is 15.0 Å². The van der Waals surface area contributed by atoms with Crippen LogP contribution in [0.1, 0.15) is 12.8 Å². The van der Waals surface area contributed by atoms with Gasteiger partial charge in [-0.15, -0.1) is 0 Å². The highest BCUT2D eigenvalue weighted by atomic mass is 16.1. The molecule has 0 saturated carbocycles. The number of imidazole rings is 1. The van der Waals surface area contributed by atoms with Crippen LogP contribution in [0.5, 0.6) is 0 Å². The molecule has 1 atom stereocenters. The van der Waals surface area contributed by atoms with Crippen LogP contribution in [0.2, 0.25) is 0 Å². The Morgan fingerprint density at radius 2 is 2.10 bits per heavy atom. The summed E-state index contributed by atoms with van der Waals surface area (Å²) in [7, 11) is 0. The SMILES string of the molecule is NC(=O)C1CCCN(c2nc(N)nc(-n3ccnc3)n2)C1. The summed E-state index contributed by atoms with van der Waals surface area (Å²) in [6, 6.07) is 0. The Balaban J connectivity index is 1.90. The monoisotopic (exact) mass is 288 g/mol. The number of rotatable bonds is 3. The fraction of sp³-hybridized carbons (Fsp3) is 0.417. The zero-order valence-corrected chi connectivity index (χ0v) is 11.4. The zero-order chi connectivity index (χ0) is 14.8. The molecule has 110 valence electrons. The topological polar surface area (TPSA) is 129 Å². The van der Waals surface area contributed by atoms with Gasteiger partial charge in [0, 0.05) is 25.5 Å². The Hall–Kier alpha value is -2.71. The number of piperidine rings is 1. The van der Waals surface area contributed by atoms with Gasteiger partial charge in [0.25, 0.3) is 0 Å². The van der Waals surface area contributed by atoms with Crippen molar-refractivity contribution in [3.8, 4) is 5.95 Å². The van der Waals surface area contributed by atoms with Gasteiger partial charge in [0.05, 0.1) is 5.92 Å². The molecule has 4 N–H and O–H groups in total. The van der Waals surface area contributed by atoms with Gasteiger partial charge < -0.3 is 16.4 Å². The molecule has 9 nitrogen and oxygen atoms in total. The number of nitrogens with zero attached hydrogens (tertiary/aromatic N) is 6. The standard InChI is InChI=1S/C12H16N8O/c13-9(21)8-2-1-4-19(6-8)11-16-10(14)17-12(18-11)20-5-3-15-7-20/h3,5,7-8H,1-2,4,6H2,(H2,13,21)(H2,14,16,17,18). The first-order chi connectivity index (χ1) is 10.1. The first-order valence-electron chi connectivity index (χ1n) is 6.67. The molecule has 0 spiro atoms. The minimum atomic E-state index is -0.295. The van der Waals surface area contributed by atoms with Gasteiger partial charge in [-0.1, -0.05) is 0 Å². The summed E-state index contributed by atoms with van der Waals surface area (Å²) in [6.07, 6.45) is 6.59. The summed E-state index contributed by atoms with van der Waals surface area (Å²) in [5.41, 5.74) is 11.1. The lowest BCUT2D eigenvalue weighted by atomic mass is 9.98. The fourth-order valence-corrected chi connectivity index (χ4v) is 2.39. The Morgan fingerprint density at radius 1 is 1.29 bits per heavy atom. The maximum atomic E-state index is 11.4. The summed E-state index contributed by atoms with van der Waals surface area (Å²) in [6.45, 7) is 1.26. The molecule has 21 heavy (non-hydrogen) atoms. The number of aromatic nitrogens is 5. The number of hydrogen-bond donors (Lipinski definition) is 2. The average molecular weight is 288 g/mol. The van der Waals surface area contributed by atoms with Crippen molar-refractivity contribution in [3.63, 3.8) is 0 Å². The molecule has 1 unspecified atom stereocenters. The van der Waals surface area contributed by atoms with E-state index in [1.807, 2.05) is 4.90 Å². The van der Waals surface area contributed by atoms with Crippen molar-refractivity contribution in [3.05, 3.63) is 18.7 Å². The van der Waals surface area contributed by atoms with Crippen LogP contribution in [-0.2, 0) is 4.79 Å². The molecular formula is C12H16N8O. The Bertz CT molecular complexity index is 641. The molecule has 0 bridgehead atoms. The van der Waals surface area contributed by atoms with Crippen LogP contribution in [0.4, 0.5) is 11.9 Å². The molecule has 0 aliphatic carbocycles. The molecule has 1 fully saturated rings. The average Bonchev–Trinajstić information content (AvgIpc) is 3.01. The minimum absolute atomic E-state index is 0.130. The second-order valence-corrected chi connectivity index (χ2v) is 4.95. The van der Waals surface area contributed by atoms with Gasteiger partial charge in [-0.25, -0.2) is 4.98 Å². The van der Waals surface area contributed by atoms with Gasteiger partial charge >= 0.3 is 0 Å². The number of carbonyl (C=O) groups excluding carboxylic acids is 1. The predicted molar refractivity (Wildman–Crippen MR) is 75.5 cm³/mol. The third-order valence-electron chi connectivity index (χ3n) is 3.47. The molecule has 9 heteroatoms. The van der Waals surface area contributed by atoms with E-state index in [2.05, 4.69) is 19.9 Å². The van der Waals surface area contributed by atoms with E-state index >= 15 is 0 Å². The molecule has 0 aromatic carbocycles. The number of anilines is 2. The highest BCUT2D eigenvalue weighted by Gasteiger charge is 2.26. The molecule has 1 aliphatic rings. The Labute approximate surface area is 121 Å². The maximum Gasteiger partial charge on any atom is 0.241 e. The van der Waals surface area contributed by atoms with Gasteiger partial charge in [-0.3, -0.25) is 9.36 Å². The highest BCUT2D eigenvalue weighted by Crippen LogP contribution is 2.21. The van der Waals surface area contributed by atoms with E-state index in [9.17, 15) is 4.79 Å². The maximum absolute atomic E-state index is 11.4. The first kappa shape index (κ1) is 13.3. The molecule has 3 rings (SSSR count).